The summed E-state index contributed by atoms with van der Waals surface area (Å²) < 4.78 is 0. The highest BCUT2D eigenvalue weighted by Gasteiger charge is 2.25. The van der Waals surface area contributed by atoms with Crippen molar-refractivity contribution in [1.29, 1.82) is 0 Å². The first-order chi connectivity index (χ1) is 4.97. The molecule has 1 rings (SSSR count). The number of rotatable bonds is 3. The van der Waals surface area contributed by atoms with Gasteiger partial charge in [-0.15, -0.1) is 0 Å². The molecule has 11 heavy (non-hydrogen) atoms. The molecule has 2 heteroatoms. The second-order valence-corrected chi connectivity index (χ2v) is 4.64. The van der Waals surface area contributed by atoms with Gasteiger partial charge in [0.2, 0.25) is 0 Å². The van der Waals surface area contributed by atoms with Crippen molar-refractivity contribution < 1.29 is 0 Å². The summed E-state index contributed by atoms with van der Waals surface area (Å²) in [5, 5.41) is 3.46. The predicted molar refractivity (Wildman–Crippen MR) is 48.5 cm³/mol. The van der Waals surface area contributed by atoms with Crippen molar-refractivity contribution in [3.05, 3.63) is 0 Å². The van der Waals surface area contributed by atoms with Gasteiger partial charge in [0.25, 0.3) is 0 Å². The summed E-state index contributed by atoms with van der Waals surface area (Å²) in [4.78, 5) is 0. The van der Waals surface area contributed by atoms with E-state index in [0.29, 0.717) is 0 Å². The fourth-order valence-electron chi connectivity index (χ4n) is 1.48. The van der Waals surface area contributed by atoms with Crippen LogP contribution in [0.3, 0.4) is 0 Å². The average Bonchev–Trinajstić information content (AvgIpc) is 1.75. The fraction of sp³-hybridized carbons (Fsp3) is 1.00. The molecule has 1 saturated carbocycles. The molecule has 0 spiro atoms. The first-order valence-electron chi connectivity index (χ1n) is 4.49. The van der Waals surface area contributed by atoms with E-state index in [1.807, 2.05) is 0 Å². The molecule has 0 amide bonds. The molecular formula is C9H20N2. The summed E-state index contributed by atoms with van der Waals surface area (Å²) >= 11 is 0. The molecule has 1 aliphatic carbocycles. The smallest absolute Gasteiger partial charge is 0.0223 e. The topological polar surface area (TPSA) is 38.0 Å². The monoisotopic (exact) mass is 156 g/mol. The molecule has 0 heterocycles. The lowest BCUT2D eigenvalue weighted by molar-refractivity contribution is 0.230. The molecule has 0 aliphatic heterocycles. The molecule has 1 aliphatic rings. The summed E-state index contributed by atoms with van der Waals surface area (Å²) in [7, 11) is 0. The molecule has 0 aromatic carbocycles. The van der Waals surface area contributed by atoms with Crippen LogP contribution < -0.4 is 11.1 Å². The Bertz CT molecular complexity index is 120. The largest absolute Gasteiger partial charge is 0.324 e. The van der Waals surface area contributed by atoms with Crippen molar-refractivity contribution in [1.82, 2.24) is 5.32 Å². The lowest BCUT2D eigenvalue weighted by atomic mass is 9.81. The second kappa shape index (κ2) is 3.11. The molecular weight excluding hydrogens is 136 g/mol. The standard InChI is InChI=1S/C9H20N2/c1-7-4-8(5-7)11-6-9(2,3)10/h7-8,11H,4-6,10H2,1-3H3. The van der Waals surface area contributed by atoms with E-state index < -0.39 is 0 Å². The molecule has 0 atom stereocenters. The van der Waals surface area contributed by atoms with Crippen LogP contribution in [0, 0.1) is 5.92 Å². The molecule has 0 saturated heterocycles. The van der Waals surface area contributed by atoms with E-state index in [2.05, 4.69) is 26.1 Å². The van der Waals surface area contributed by atoms with Crippen molar-refractivity contribution in [2.24, 2.45) is 11.7 Å². The molecule has 0 bridgehead atoms. The fourth-order valence-corrected chi connectivity index (χ4v) is 1.48. The molecule has 2 nitrogen and oxygen atoms in total. The maximum atomic E-state index is 5.83. The molecule has 66 valence electrons. The Morgan fingerprint density at radius 3 is 2.36 bits per heavy atom. The molecule has 0 radical (unpaired) electrons. The van der Waals surface area contributed by atoms with E-state index in [1.165, 1.54) is 12.8 Å². The van der Waals surface area contributed by atoms with Crippen molar-refractivity contribution >= 4 is 0 Å². The SMILES string of the molecule is CC1CC(NCC(C)(C)N)C1. The van der Waals surface area contributed by atoms with Crippen LogP contribution >= 0.6 is 0 Å². The van der Waals surface area contributed by atoms with Crippen LogP contribution in [0.1, 0.15) is 33.6 Å². The van der Waals surface area contributed by atoms with E-state index in [1.54, 1.807) is 0 Å². The number of nitrogens with two attached hydrogens (primary N) is 1. The Hall–Kier alpha value is -0.0800. The molecule has 1 fully saturated rings. The van der Waals surface area contributed by atoms with E-state index in [0.717, 1.165) is 18.5 Å². The van der Waals surface area contributed by atoms with Crippen LogP contribution in [-0.4, -0.2) is 18.1 Å². The van der Waals surface area contributed by atoms with Gasteiger partial charge < -0.3 is 11.1 Å². The Morgan fingerprint density at radius 1 is 1.45 bits per heavy atom. The minimum Gasteiger partial charge on any atom is -0.324 e. The zero-order chi connectivity index (χ0) is 8.48. The van der Waals surface area contributed by atoms with Crippen LogP contribution in [0.4, 0.5) is 0 Å². The molecule has 0 aromatic heterocycles. The maximum absolute atomic E-state index is 5.83. The normalized spacial score (nSPS) is 31.6. The summed E-state index contributed by atoms with van der Waals surface area (Å²) in [5.74, 6) is 0.924. The summed E-state index contributed by atoms with van der Waals surface area (Å²) in [6.07, 6.45) is 2.66. The van der Waals surface area contributed by atoms with E-state index >= 15 is 0 Å². The van der Waals surface area contributed by atoms with Crippen LogP contribution in [-0.2, 0) is 0 Å². The lowest BCUT2D eigenvalue weighted by Gasteiger charge is -2.35. The van der Waals surface area contributed by atoms with Crippen molar-refractivity contribution in [3.63, 3.8) is 0 Å². The lowest BCUT2D eigenvalue weighted by Crippen LogP contribution is -2.50. The van der Waals surface area contributed by atoms with E-state index in [9.17, 15) is 0 Å². The first kappa shape index (κ1) is 9.01. The van der Waals surface area contributed by atoms with Gasteiger partial charge in [0.15, 0.2) is 0 Å². The Labute approximate surface area is 69.5 Å². The van der Waals surface area contributed by atoms with Gasteiger partial charge in [0.05, 0.1) is 0 Å². The Kier molecular flexibility index (Phi) is 2.55. The van der Waals surface area contributed by atoms with Crippen LogP contribution in [0.5, 0.6) is 0 Å². The van der Waals surface area contributed by atoms with Gasteiger partial charge in [-0.2, -0.15) is 0 Å². The minimum atomic E-state index is -0.0567. The Morgan fingerprint density at radius 2 is 2.00 bits per heavy atom. The third kappa shape index (κ3) is 3.21. The van der Waals surface area contributed by atoms with E-state index in [-0.39, 0.29) is 5.54 Å². The summed E-state index contributed by atoms with van der Waals surface area (Å²) in [5.41, 5.74) is 5.78. The zero-order valence-electron chi connectivity index (χ0n) is 7.85. The van der Waals surface area contributed by atoms with Crippen molar-refractivity contribution in [3.8, 4) is 0 Å². The maximum Gasteiger partial charge on any atom is 0.0223 e. The highest BCUT2D eigenvalue weighted by Crippen LogP contribution is 2.26. The van der Waals surface area contributed by atoms with Gasteiger partial charge in [-0.3, -0.25) is 0 Å². The van der Waals surface area contributed by atoms with Gasteiger partial charge in [0.1, 0.15) is 0 Å². The van der Waals surface area contributed by atoms with Crippen molar-refractivity contribution in [2.45, 2.75) is 45.2 Å². The molecule has 0 aromatic rings. The highest BCUT2D eigenvalue weighted by atomic mass is 15.0. The third-order valence-corrected chi connectivity index (χ3v) is 2.22. The quantitative estimate of drug-likeness (QED) is 0.642. The minimum absolute atomic E-state index is 0.0567. The van der Waals surface area contributed by atoms with Gasteiger partial charge in [-0.1, -0.05) is 6.92 Å². The van der Waals surface area contributed by atoms with Gasteiger partial charge >= 0.3 is 0 Å². The summed E-state index contributed by atoms with van der Waals surface area (Å²) in [6, 6.07) is 0.743. The van der Waals surface area contributed by atoms with Gasteiger partial charge in [-0.25, -0.2) is 0 Å². The third-order valence-electron chi connectivity index (χ3n) is 2.22. The number of hydrogen-bond acceptors (Lipinski definition) is 2. The second-order valence-electron chi connectivity index (χ2n) is 4.64. The Balaban J connectivity index is 2.05. The highest BCUT2D eigenvalue weighted by molar-refractivity contribution is 4.85. The van der Waals surface area contributed by atoms with Crippen LogP contribution in [0.2, 0.25) is 0 Å². The van der Waals surface area contributed by atoms with Crippen LogP contribution in [0.25, 0.3) is 0 Å². The van der Waals surface area contributed by atoms with Gasteiger partial charge in [0, 0.05) is 18.1 Å². The zero-order valence-corrected chi connectivity index (χ0v) is 7.85. The average molecular weight is 156 g/mol. The van der Waals surface area contributed by atoms with E-state index in [4.69, 9.17) is 5.73 Å². The first-order valence-corrected chi connectivity index (χ1v) is 4.49. The number of hydrogen-bond donors (Lipinski definition) is 2. The predicted octanol–water partition coefficient (Wildman–Crippen LogP) is 1.11. The molecule has 3 N–H and O–H groups in total. The van der Waals surface area contributed by atoms with Crippen LogP contribution in [0.15, 0.2) is 0 Å². The molecule has 0 unspecified atom stereocenters. The van der Waals surface area contributed by atoms with Gasteiger partial charge in [-0.05, 0) is 32.6 Å². The summed E-state index contributed by atoms with van der Waals surface area (Å²) in [6.45, 7) is 7.35. The van der Waals surface area contributed by atoms with Crippen molar-refractivity contribution in [2.75, 3.05) is 6.54 Å². The number of nitrogens with one attached hydrogen (secondary N) is 1.